The number of carbonyl (C=O) groups is 2. The molecule has 2 amide bonds. The Morgan fingerprint density at radius 1 is 1.27 bits per heavy atom. The SMILES string of the molecule is C=CCn1c(SCC(=O)Nc2nccs2)nnc1[C@@H](NC(=O)c1ccc(OC)cc1)C(C)C. The minimum absolute atomic E-state index is 0.0472. The molecule has 1 atom stereocenters. The maximum atomic E-state index is 12.9. The van der Waals surface area contributed by atoms with Crippen molar-refractivity contribution in [2.24, 2.45) is 5.92 Å². The molecule has 174 valence electrons. The summed E-state index contributed by atoms with van der Waals surface area (Å²) in [6.07, 6.45) is 3.36. The first kappa shape index (κ1) is 24.5. The highest BCUT2D eigenvalue weighted by atomic mass is 32.2. The number of rotatable bonds is 11. The van der Waals surface area contributed by atoms with E-state index in [1.165, 1.54) is 23.1 Å². The summed E-state index contributed by atoms with van der Waals surface area (Å²) in [6, 6.07) is 6.52. The number of nitrogens with one attached hydrogen (secondary N) is 2. The Labute approximate surface area is 200 Å². The molecule has 0 bridgehead atoms. The molecule has 3 rings (SSSR count). The van der Waals surface area contributed by atoms with Crippen molar-refractivity contribution in [2.75, 3.05) is 18.2 Å². The van der Waals surface area contributed by atoms with Crippen LogP contribution in [0.15, 0.2) is 53.7 Å². The van der Waals surface area contributed by atoms with Crippen molar-refractivity contribution in [3.8, 4) is 5.75 Å². The first-order valence-electron chi connectivity index (χ1n) is 10.2. The fourth-order valence-electron chi connectivity index (χ4n) is 3.00. The second-order valence-electron chi connectivity index (χ2n) is 7.34. The van der Waals surface area contributed by atoms with Gasteiger partial charge in [-0.2, -0.15) is 0 Å². The van der Waals surface area contributed by atoms with E-state index in [2.05, 4.69) is 32.4 Å². The second kappa shape index (κ2) is 11.6. The number of aromatic nitrogens is 4. The molecule has 0 saturated heterocycles. The lowest BCUT2D eigenvalue weighted by molar-refractivity contribution is -0.113. The molecule has 0 radical (unpaired) electrons. The van der Waals surface area contributed by atoms with Gasteiger partial charge in [0.1, 0.15) is 5.75 Å². The number of thiazole rings is 1. The molecule has 0 aliphatic rings. The molecule has 11 heteroatoms. The molecule has 0 saturated carbocycles. The van der Waals surface area contributed by atoms with Crippen LogP contribution in [0.3, 0.4) is 0 Å². The Balaban J connectivity index is 1.75. The summed E-state index contributed by atoms with van der Waals surface area (Å²) in [5, 5.41) is 17.4. The summed E-state index contributed by atoms with van der Waals surface area (Å²) in [5.41, 5.74) is 0.518. The number of hydrogen-bond donors (Lipinski definition) is 2. The van der Waals surface area contributed by atoms with Gasteiger partial charge in [-0.3, -0.25) is 9.59 Å². The van der Waals surface area contributed by atoms with Gasteiger partial charge in [-0.15, -0.1) is 28.1 Å². The maximum absolute atomic E-state index is 12.9. The van der Waals surface area contributed by atoms with Crippen LogP contribution in [-0.4, -0.2) is 44.4 Å². The van der Waals surface area contributed by atoms with Crippen LogP contribution in [0.25, 0.3) is 0 Å². The van der Waals surface area contributed by atoms with E-state index >= 15 is 0 Å². The Kier molecular flexibility index (Phi) is 8.61. The predicted molar refractivity (Wildman–Crippen MR) is 130 cm³/mol. The lowest BCUT2D eigenvalue weighted by atomic mass is 10.0. The van der Waals surface area contributed by atoms with Crippen molar-refractivity contribution in [3.63, 3.8) is 0 Å². The van der Waals surface area contributed by atoms with Crippen LogP contribution in [0.4, 0.5) is 5.13 Å². The zero-order valence-electron chi connectivity index (χ0n) is 18.6. The van der Waals surface area contributed by atoms with E-state index in [1.807, 2.05) is 18.4 Å². The Morgan fingerprint density at radius 3 is 2.64 bits per heavy atom. The van der Waals surface area contributed by atoms with Crippen LogP contribution >= 0.6 is 23.1 Å². The van der Waals surface area contributed by atoms with Gasteiger partial charge in [-0.25, -0.2) is 4.98 Å². The first-order valence-corrected chi connectivity index (χ1v) is 12.1. The fourth-order valence-corrected chi connectivity index (χ4v) is 4.30. The van der Waals surface area contributed by atoms with Crippen molar-refractivity contribution < 1.29 is 14.3 Å². The summed E-state index contributed by atoms with van der Waals surface area (Å²) in [4.78, 5) is 29.2. The van der Waals surface area contributed by atoms with Gasteiger partial charge in [-0.05, 0) is 30.2 Å². The number of allylic oxidation sites excluding steroid dienone is 1. The molecule has 9 nitrogen and oxygen atoms in total. The third-order valence-electron chi connectivity index (χ3n) is 4.65. The van der Waals surface area contributed by atoms with E-state index < -0.39 is 0 Å². The van der Waals surface area contributed by atoms with Crippen molar-refractivity contribution in [2.45, 2.75) is 31.6 Å². The molecule has 1 aromatic carbocycles. The number of hydrogen-bond acceptors (Lipinski definition) is 8. The predicted octanol–water partition coefficient (Wildman–Crippen LogP) is 3.79. The molecule has 0 unspecified atom stereocenters. The van der Waals surface area contributed by atoms with Crippen LogP contribution < -0.4 is 15.4 Å². The van der Waals surface area contributed by atoms with E-state index in [9.17, 15) is 9.59 Å². The van der Waals surface area contributed by atoms with E-state index in [0.29, 0.717) is 34.0 Å². The zero-order valence-corrected chi connectivity index (χ0v) is 20.3. The molecule has 0 aliphatic heterocycles. The van der Waals surface area contributed by atoms with Crippen LogP contribution in [0.2, 0.25) is 0 Å². The summed E-state index contributed by atoms with van der Waals surface area (Å²) in [5.74, 6) is 1.08. The molecule has 0 aliphatic carbocycles. The van der Waals surface area contributed by atoms with Gasteiger partial charge in [-0.1, -0.05) is 31.7 Å². The smallest absolute Gasteiger partial charge is 0.251 e. The summed E-state index contributed by atoms with van der Waals surface area (Å²) >= 11 is 2.62. The number of nitrogens with zero attached hydrogens (tertiary/aromatic N) is 4. The standard InChI is InChI=1S/C22H26N6O3S2/c1-5-11-28-19(26-27-22(28)33-13-17(29)24-21-23-10-12-32-21)18(14(2)3)25-20(30)15-6-8-16(31-4)9-7-15/h5-10,12,14,18H,1,11,13H2,2-4H3,(H,25,30)(H,23,24,29)/t18-/m0/s1. The van der Waals surface area contributed by atoms with Crippen molar-refractivity contribution in [3.05, 3.63) is 59.9 Å². The lowest BCUT2D eigenvalue weighted by Crippen LogP contribution is -2.33. The fraction of sp³-hybridized carbons (Fsp3) is 0.318. The zero-order chi connectivity index (χ0) is 23.8. The van der Waals surface area contributed by atoms with Gasteiger partial charge in [0.25, 0.3) is 5.91 Å². The van der Waals surface area contributed by atoms with Gasteiger partial charge in [0.05, 0.1) is 18.9 Å². The maximum Gasteiger partial charge on any atom is 0.251 e. The number of ether oxygens (including phenoxy) is 1. The molecule has 0 spiro atoms. The minimum atomic E-state index is -0.384. The average Bonchev–Trinajstić information content (AvgIpc) is 3.46. The summed E-state index contributed by atoms with van der Waals surface area (Å²) < 4.78 is 7.02. The number of anilines is 1. The second-order valence-corrected chi connectivity index (χ2v) is 9.17. The monoisotopic (exact) mass is 486 g/mol. The molecule has 0 fully saturated rings. The highest BCUT2D eigenvalue weighted by Gasteiger charge is 2.26. The van der Waals surface area contributed by atoms with Crippen molar-refractivity contribution >= 4 is 40.0 Å². The highest BCUT2D eigenvalue weighted by molar-refractivity contribution is 7.99. The van der Waals surface area contributed by atoms with Gasteiger partial charge < -0.3 is 19.9 Å². The molecule has 2 heterocycles. The number of thioether (sulfide) groups is 1. The third-order valence-corrected chi connectivity index (χ3v) is 6.31. The van der Waals surface area contributed by atoms with E-state index in [1.54, 1.807) is 49.0 Å². The van der Waals surface area contributed by atoms with Crippen LogP contribution in [0.5, 0.6) is 5.75 Å². The van der Waals surface area contributed by atoms with Crippen molar-refractivity contribution in [1.29, 1.82) is 0 Å². The molecular weight excluding hydrogens is 460 g/mol. The summed E-state index contributed by atoms with van der Waals surface area (Å²) in [6.45, 7) is 8.27. The third kappa shape index (κ3) is 6.42. The largest absolute Gasteiger partial charge is 0.497 e. The van der Waals surface area contributed by atoms with Crippen LogP contribution in [-0.2, 0) is 11.3 Å². The Hall–Kier alpha value is -3.18. The quantitative estimate of drug-likeness (QED) is 0.313. The highest BCUT2D eigenvalue weighted by Crippen LogP contribution is 2.26. The number of amides is 2. The van der Waals surface area contributed by atoms with Crippen molar-refractivity contribution in [1.82, 2.24) is 25.1 Å². The molecule has 2 aromatic heterocycles. The molecule has 3 aromatic rings. The van der Waals surface area contributed by atoms with E-state index in [0.717, 1.165) is 0 Å². The topological polar surface area (TPSA) is 111 Å². The molecular formula is C22H26N6O3S2. The van der Waals surface area contributed by atoms with Gasteiger partial charge >= 0.3 is 0 Å². The average molecular weight is 487 g/mol. The first-order chi connectivity index (χ1) is 15.9. The Bertz CT molecular complexity index is 1080. The lowest BCUT2D eigenvalue weighted by Gasteiger charge is -2.22. The van der Waals surface area contributed by atoms with Crippen LogP contribution in [0.1, 0.15) is 36.1 Å². The normalized spacial score (nSPS) is 11.8. The van der Waals surface area contributed by atoms with E-state index in [4.69, 9.17) is 4.74 Å². The number of benzene rings is 1. The molecule has 33 heavy (non-hydrogen) atoms. The van der Waals surface area contributed by atoms with E-state index in [-0.39, 0.29) is 29.5 Å². The minimum Gasteiger partial charge on any atom is -0.497 e. The Morgan fingerprint density at radius 2 is 2.03 bits per heavy atom. The van der Waals surface area contributed by atoms with Gasteiger partial charge in [0.2, 0.25) is 5.91 Å². The number of carbonyl (C=O) groups excluding carboxylic acids is 2. The van der Waals surface area contributed by atoms with Gasteiger partial charge in [0.15, 0.2) is 16.1 Å². The number of methoxy groups -OCH3 is 1. The van der Waals surface area contributed by atoms with Gasteiger partial charge in [0, 0.05) is 23.7 Å². The molecule has 2 N–H and O–H groups in total. The van der Waals surface area contributed by atoms with Crippen LogP contribution in [0, 0.1) is 5.92 Å². The summed E-state index contributed by atoms with van der Waals surface area (Å²) in [7, 11) is 1.58.